The number of fused-ring (bicyclic) bond motifs is 1. The fourth-order valence-electron chi connectivity index (χ4n) is 2.80. The molecule has 0 spiro atoms. The molecule has 0 fully saturated rings. The van der Waals surface area contributed by atoms with Gasteiger partial charge in [0, 0.05) is 10.6 Å². The monoisotopic (exact) mass is 317 g/mol. The molecule has 3 atom stereocenters. The fraction of sp³-hybridized carbons (Fsp3) is 0.235. The second-order valence-electron chi connectivity index (χ2n) is 5.39. The maximum atomic E-state index is 12.2. The van der Waals surface area contributed by atoms with Gasteiger partial charge in [-0.25, -0.2) is 0 Å². The van der Waals surface area contributed by atoms with Gasteiger partial charge in [-0.05, 0) is 23.6 Å². The van der Waals surface area contributed by atoms with Gasteiger partial charge in [0.25, 0.3) is 5.91 Å². The number of aliphatic hydroxyl groups excluding tert-OH is 2. The number of rotatable bonds is 3. The van der Waals surface area contributed by atoms with Gasteiger partial charge < -0.3 is 15.5 Å². The maximum absolute atomic E-state index is 12.2. The van der Waals surface area contributed by atoms with Crippen LogP contribution in [0.5, 0.6) is 0 Å². The van der Waals surface area contributed by atoms with E-state index in [0.717, 1.165) is 11.1 Å². The number of nitrogens with one attached hydrogen (secondary N) is 1. The van der Waals surface area contributed by atoms with Crippen molar-refractivity contribution in [2.24, 2.45) is 0 Å². The van der Waals surface area contributed by atoms with Gasteiger partial charge in [0.2, 0.25) is 0 Å². The number of halogens is 1. The van der Waals surface area contributed by atoms with Crippen molar-refractivity contribution in [3.8, 4) is 0 Å². The third kappa shape index (κ3) is 2.73. The number of hydrogen-bond acceptors (Lipinski definition) is 3. The van der Waals surface area contributed by atoms with E-state index in [1.807, 2.05) is 24.3 Å². The minimum Gasteiger partial charge on any atom is -0.386 e. The van der Waals surface area contributed by atoms with E-state index in [0.29, 0.717) is 17.0 Å². The second-order valence-corrected chi connectivity index (χ2v) is 5.79. The molecule has 0 bridgehead atoms. The molecule has 1 aliphatic rings. The van der Waals surface area contributed by atoms with Crippen molar-refractivity contribution in [2.75, 3.05) is 0 Å². The lowest BCUT2D eigenvalue weighted by atomic mass is 10.1. The first-order valence-corrected chi connectivity index (χ1v) is 7.44. The van der Waals surface area contributed by atoms with Crippen molar-refractivity contribution < 1.29 is 15.0 Å². The predicted molar refractivity (Wildman–Crippen MR) is 83.4 cm³/mol. The lowest BCUT2D eigenvalue weighted by molar-refractivity contribution is -0.131. The highest BCUT2D eigenvalue weighted by molar-refractivity contribution is 6.31. The molecule has 0 radical (unpaired) electrons. The van der Waals surface area contributed by atoms with Crippen LogP contribution in [0.25, 0.3) is 0 Å². The van der Waals surface area contributed by atoms with Crippen LogP contribution in [0, 0.1) is 0 Å². The smallest absolute Gasteiger partial charge is 0.253 e. The van der Waals surface area contributed by atoms with E-state index in [1.165, 1.54) is 0 Å². The van der Waals surface area contributed by atoms with Crippen molar-refractivity contribution in [1.29, 1.82) is 0 Å². The summed E-state index contributed by atoms with van der Waals surface area (Å²) in [7, 11) is 0. The van der Waals surface area contributed by atoms with E-state index in [-0.39, 0.29) is 0 Å². The standard InChI is InChI=1S/C17H16ClNO3/c18-13-8-4-3-7-12(13)16(21)17(22)19-14-9-10-5-1-2-6-11(10)15(14)20/h1-8,14-16,20-21H,9H2,(H,19,22)/t14?,15?,16-/m1/s1. The Hall–Kier alpha value is -1.88. The topological polar surface area (TPSA) is 69.6 Å². The van der Waals surface area contributed by atoms with Crippen LogP contribution in [0.2, 0.25) is 5.02 Å². The molecule has 114 valence electrons. The first-order valence-electron chi connectivity index (χ1n) is 7.06. The maximum Gasteiger partial charge on any atom is 0.253 e. The summed E-state index contributed by atoms with van der Waals surface area (Å²) in [5, 5.41) is 23.5. The van der Waals surface area contributed by atoms with Gasteiger partial charge in [-0.2, -0.15) is 0 Å². The molecule has 5 heteroatoms. The lowest BCUT2D eigenvalue weighted by Crippen LogP contribution is -2.40. The number of benzene rings is 2. The van der Waals surface area contributed by atoms with Crippen molar-refractivity contribution in [3.63, 3.8) is 0 Å². The van der Waals surface area contributed by atoms with E-state index in [1.54, 1.807) is 24.3 Å². The van der Waals surface area contributed by atoms with Gasteiger partial charge in [0.15, 0.2) is 6.10 Å². The number of hydrogen-bond donors (Lipinski definition) is 3. The lowest BCUT2D eigenvalue weighted by Gasteiger charge is -2.20. The molecular weight excluding hydrogens is 302 g/mol. The first-order chi connectivity index (χ1) is 10.6. The van der Waals surface area contributed by atoms with Gasteiger partial charge in [0.1, 0.15) is 0 Å². The Bertz CT molecular complexity index is 704. The summed E-state index contributed by atoms with van der Waals surface area (Å²) in [5.41, 5.74) is 2.18. The number of carbonyl (C=O) groups is 1. The molecule has 0 heterocycles. The quantitative estimate of drug-likeness (QED) is 0.812. The number of aliphatic hydroxyl groups is 2. The molecule has 0 saturated heterocycles. The molecule has 4 nitrogen and oxygen atoms in total. The average Bonchev–Trinajstić information content (AvgIpc) is 2.84. The molecule has 0 saturated carbocycles. The molecule has 2 aromatic rings. The van der Waals surface area contributed by atoms with Crippen LogP contribution in [-0.2, 0) is 11.2 Å². The van der Waals surface area contributed by atoms with E-state index in [4.69, 9.17) is 11.6 Å². The van der Waals surface area contributed by atoms with Crippen LogP contribution >= 0.6 is 11.6 Å². The van der Waals surface area contributed by atoms with Gasteiger partial charge in [-0.1, -0.05) is 54.1 Å². The molecule has 0 aliphatic heterocycles. The highest BCUT2D eigenvalue weighted by atomic mass is 35.5. The molecule has 3 N–H and O–H groups in total. The van der Waals surface area contributed by atoms with E-state index < -0.39 is 24.2 Å². The third-order valence-electron chi connectivity index (χ3n) is 3.97. The summed E-state index contributed by atoms with van der Waals surface area (Å²) in [6, 6.07) is 13.7. The highest BCUT2D eigenvalue weighted by Crippen LogP contribution is 2.31. The SMILES string of the molecule is O=C(NC1Cc2ccccc2C1O)[C@H](O)c1ccccc1Cl. The summed E-state index contributed by atoms with van der Waals surface area (Å²) < 4.78 is 0. The van der Waals surface area contributed by atoms with Gasteiger partial charge >= 0.3 is 0 Å². The van der Waals surface area contributed by atoms with E-state index >= 15 is 0 Å². The third-order valence-corrected chi connectivity index (χ3v) is 4.31. The zero-order chi connectivity index (χ0) is 15.7. The van der Waals surface area contributed by atoms with Crippen molar-refractivity contribution in [3.05, 3.63) is 70.2 Å². The fourth-order valence-corrected chi connectivity index (χ4v) is 3.04. The molecule has 2 aromatic carbocycles. The Morgan fingerprint density at radius 2 is 1.86 bits per heavy atom. The minimum atomic E-state index is -1.36. The molecule has 3 rings (SSSR count). The van der Waals surface area contributed by atoms with Crippen molar-refractivity contribution in [2.45, 2.75) is 24.7 Å². The van der Waals surface area contributed by atoms with Gasteiger partial charge in [-0.15, -0.1) is 0 Å². The highest BCUT2D eigenvalue weighted by Gasteiger charge is 2.33. The van der Waals surface area contributed by atoms with Crippen LogP contribution in [0.4, 0.5) is 0 Å². The Morgan fingerprint density at radius 3 is 2.59 bits per heavy atom. The summed E-state index contributed by atoms with van der Waals surface area (Å²) in [6.45, 7) is 0. The van der Waals surface area contributed by atoms with E-state index in [9.17, 15) is 15.0 Å². The summed E-state index contributed by atoms with van der Waals surface area (Å²) in [4.78, 5) is 12.2. The van der Waals surface area contributed by atoms with Gasteiger partial charge in [-0.3, -0.25) is 4.79 Å². The Labute approximate surface area is 133 Å². The molecule has 0 aromatic heterocycles. The zero-order valence-electron chi connectivity index (χ0n) is 11.7. The molecular formula is C17H16ClNO3. The van der Waals surface area contributed by atoms with E-state index in [2.05, 4.69) is 5.32 Å². The first kappa shape index (κ1) is 15.0. The predicted octanol–water partition coefficient (Wildman–Crippen LogP) is 2.15. The summed E-state index contributed by atoms with van der Waals surface area (Å²) in [5.74, 6) is -0.565. The molecule has 2 unspecified atom stereocenters. The molecule has 1 amide bonds. The average molecular weight is 318 g/mol. The Kier molecular flexibility index (Phi) is 4.16. The van der Waals surface area contributed by atoms with Crippen molar-refractivity contribution in [1.82, 2.24) is 5.32 Å². The van der Waals surface area contributed by atoms with Crippen LogP contribution < -0.4 is 5.32 Å². The number of carbonyl (C=O) groups excluding carboxylic acids is 1. The minimum absolute atomic E-state index is 0.334. The largest absolute Gasteiger partial charge is 0.386 e. The second kappa shape index (κ2) is 6.08. The zero-order valence-corrected chi connectivity index (χ0v) is 12.5. The number of amides is 1. The Morgan fingerprint density at radius 1 is 1.18 bits per heavy atom. The van der Waals surface area contributed by atoms with Crippen molar-refractivity contribution >= 4 is 17.5 Å². The summed E-state index contributed by atoms with van der Waals surface area (Å²) in [6.07, 6.45) is -1.58. The van der Waals surface area contributed by atoms with Crippen LogP contribution in [0.15, 0.2) is 48.5 Å². The molecule has 22 heavy (non-hydrogen) atoms. The molecule has 1 aliphatic carbocycles. The Balaban J connectivity index is 1.72. The summed E-state index contributed by atoms with van der Waals surface area (Å²) >= 11 is 5.99. The van der Waals surface area contributed by atoms with Crippen LogP contribution in [-0.4, -0.2) is 22.2 Å². The van der Waals surface area contributed by atoms with Gasteiger partial charge in [0.05, 0.1) is 12.1 Å². The normalized spacial score (nSPS) is 21.2. The van der Waals surface area contributed by atoms with Crippen LogP contribution in [0.3, 0.4) is 0 Å². The van der Waals surface area contributed by atoms with Crippen LogP contribution in [0.1, 0.15) is 28.9 Å².